The Morgan fingerprint density at radius 1 is 1.56 bits per heavy atom. The molecule has 0 saturated heterocycles. The van der Waals surface area contributed by atoms with E-state index in [0.29, 0.717) is 11.4 Å². The monoisotopic (exact) mass is 247 g/mol. The summed E-state index contributed by atoms with van der Waals surface area (Å²) in [7, 11) is 1.34. The number of nitrogens with zero attached hydrogens (tertiary/aromatic N) is 3. The number of hydrogen-bond donors (Lipinski definition) is 0. The molecule has 0 N–H and O–H groups in total. The number of carbonyl (C=O) groups is 1. The highest BCUT2D eigenvalue weighted by Crippen LogP contribution is 2.20. The fourth-order valence-corrected chi connectivity index (χ4v) is 1.55. The second-order valence-corrected chi connectivity index (χ2v) is 4.23. The summed E-state index contributed by atoms with van der Waals surface area (Å²) in [6.07, 6.45) is 0. The highest BCUT2D eigenvalue weighted by atomic mass is 16.5. The first-order valence-electron chi connectivity index (χ1n) is 5.70. The number of aromatic nitrogens is 1. The molecule has 1 heterocycles. The number of pyridine rings is 1. The Morgan fingerprint density at radius 2 is 2.22 bits per heavy atom. The van der Waals surface area contributed by atoms with E-state index in [-0.39, 0.29) is 18.6 Å². The molecule has 0 amide bonds. The van der Waals surface area contributed by atoms with Crippen LogP contribution in [-0.4, -0.2) is 30.6 Å². The summed E-state index contributed by atoms with van der Waals surface area (Å²) < 4.78 is 4.66. The second kappa shape index (κ2) is 6.01. The predicted molar refractivity (Wildman–Crippen MR) is 68.2 cm³/mol. The van der Waals surface area contributed by atoms with Crippen molar-refractivity contribution in [3.05, 3.63) is 23.4 Å². The quantitative estimate of drug-likeness (QED) is 0.757. The van der Waals surface area contributed by atoms with Gasteiger partial charge in [0, 0.05) is 11.7 Å². The van der Waals surface area contributed by atoms with E-state index in [4.69, 9.17) is 5.26 Å². The normalized spacial score (nSPS) is 10.0. The summed E-state index contributed by atoms with van der Waals surface area (Å²) in [5.74, 6) is 0.175. The highest BCUT2D eigenvalue weighted by molar-refractivity contribution is 5.76. The van der Waals surface area contributed by atoms with Crippen LogP contribution in [0.25, 0.3) is 0 Å². The van der Waals surface area contributed by atoms with Gasteiger partial charge in [-0.05, 0) is 32.9 Å². The molecule has 0 bridgehead atoms. The maximum Gasteiger partial charge on any atom is 0.325 e. The zero-order valence-corrected chi connectivity index (χ0v) is 11.1. The van der Waals surface area contributed by atoms with Crippen LogP contribution in [0.4, 0.5) is 5.82 Å². The largest absolute Gasteiger partial charge is 0.468 e. The molecule has 0 atom stereocenters. The van der Waals surface area contributed by atoms with Gasteiger partial charge in [-0.15, -0.1) is 0 Å². The minimum atomic E-state index is -0.351. The van der Waals surface area contributed by atoms with E-state index in [0.717, 1.165) is 5.69 Å². The molecular weight excluding hydrogens is 230 g/mol. The van der Waals surface area contributed by atoms with E-state index in [1.54, 1.807) is 17.0 Å². The third kappa shape index (κ3) is 3.20. The summed E-state index contributed by atoms with van der Waals surface area (Å²) in [6, 6.07) is 5.63. The summed E-state index contributed by atoms with van der Waals surface area (Å²) in [6.45, 7) is 5.81. The van der Waals surface area contributed by atoms with Crippen molar-refractivity contribution in [3.8, 4) is 6.07 Å². The predicted octanol–water partition coefficient (Wildman–Crippen LogP) is 1.65. The van der Waals surface area contributed by atoms with Crippen LogP contribution in [0.15, 0.2) is 12.1 Å². The highest BCUT2D eigenvalue weighted by Gasteiger charge is 2.19. The molecule has 18 heavy (non-hydrogen) atoms. The number of esters is 1. The molecule has 1 rings (SSSR count). The van der Waals surface area contributed by atoms with Crippen LogP contribution >= 0.6 is 0 Å². The molecule has 1 aromatic heterocycles. The molecular formula is C13H17N3O2. The first kappa shape index (κ1) is 14.0. The number of hydrogen-bond acceptors (Lipinski definition) is 5. The first-order valence-corrected chi connectivity index (χ1v) is 5.70. The van der Waals surface area contributed by atoms with E-state index < -0.39 is 0 Å². The summed E-state index contributed by atoms with van der Waals surface area (Å²) in [4.78, 5) is 17.5. The van der Waals surface area contributed by atoms with E-state index in [1.807, 2.05) is 20.8 Å². The van der Waals surface area contributed by atoms with Crippen molar-refractivity contribution >= 4 is 11.8 Å². The lowest BCUT2D eigenvalue weighted by molar-refractivity contribution is -0.139. The molecule has 0 fully saturated rings. The number of rotatable bonds is 4. The molecule has 0 unspecified atom stereocenters. The summed E-state index contributed by atoms with van der Waals surface area (Å²) in [5.41, 5.74) is 1.26. The fourth-order valence-electron chi connectivity index (χ4n) is 1.55. The first-order chi connectivity index (χ1) is 8.49. The van der Waals surface area contributed by atoms with E-state index in [9.17, 15) is 4.79 Å². The van der Waals surface area contributed by atoms with Crippen LogP contribution in [0.1, 0.15) is 25.1 Å². The van der Waals surface area contributed by atoms with Crippen molar-refractivity contribution in [3.63, 3.8) is 0 Å². The number of methoxy groups -OCH3 is 1. The Morgan fingerprint density at radius 3 is 2.72 bits per heavy atom. The Labute approximate surface area is 107 Å². The van der Waals surface area contributed by atoms with Crippen molar-refractivity contribution in [1.29, 1.82) is 5.26 Å². The molecule has 0 aliphatic rings. The van der Waals surface area contributed by atoms with Crippen molar-refractivity contribution in [2.45, 2.75) is 26.8 Å². The van der Waals surface area contributed by atoms with Crippen molar-refractivity contribution in [1.82, 2.24) is 4.98 Å². The zero-order valence-electron chi connectivity index (χ0n) is 11.1. The number of aryl methyl sites for hydroxylation is 1. The third-order valence-corrected chi connectivity index (χ3v) is 2.56. The minimum Gasteiger partial charge on any atom is -0.468 e. The Kier molecular flexibility index (Phi) is 4.67. The Hall–Kier alpha value is -2.09. The van der Waals surface area contributed by atoms with Gasteiger partial charge in [-0.25, -0.2) is 4.98 Å². The van der Waals surface area contributed by atoms with Gasteiger partial charge in [-0.3, -0.25) is 4.79 Å². The average Bonchev–Trinajstić information content (AvgIpc) is 2.35. The van der Waals surface area contributed by atoms with Gasteiger partial charge in [0.15, 0.2) is 0 Å². The van der Waals surface area contributed by atoms with E-state index in [2.05, 4.69) is 15.8 Å². The van der Waals surface area contributed by atoms with Gasteiger partial charge in [0.1, 0.15) is 18.4 Å². The number of anilines is 1. The van der Waals surface area contributed by atoms with Crippen LogP contribution in [-0.2, 0) is 9.53 Å². The molecule has 0 spiro atoms. The van der Waals surface area contributed by atoms with Crippen molar-refractivity contribution in [2.75, 3.05) is 18.6 Å². The maximum absolute atomic E-state index is 11.4. The molecule has 0 aromatic carbocycles. The SMILES string of the molecule is COC(=O)CN(c1nc(C)ccc1C#N)C(C)C. The smallest absolute Gasteiger partial charge is 0.325 e. The molecule has 0 saturated carbocycles. The van der Waals surface area contributed by atoms with Gasteiger partial charge in [0.2, 0.25) is 0 Å². The van der Waals surface area contributed by atoms with Gasteiger partial charge < -0.3 is 9.64 Å². The molecule has 5 heteroatoms. The van der Waals surface area contributed by atoms with Crippen molar-refractivity contribution in [2.24, 2.45) is 0 Å². The molecule has 0 aliphatic carbocycles. The van der Waals surface area contributed by atoms with Gasteiger partial charge in [0.05, 0.1) is 12.7 Å². The van der Waals surface area contributed by atoms with Crippen LogP contribution in [0.5, 0.6) is 0 Å². The molecule has 5 nitrogen and oxygen atoms in total. The van der Waals surface area contributed by atoms with Crippen LogP contribution in [0.2, 0.25) is 0 Å². The maximum atomic E-state index is 11.4. The van der Waals surface area contributed by atoms with Crippen LogP contribution in [0, 0.1) is 18.3 Å². The average molecular weight is 247 g/mol. The molecule has 0 aliphatic heterocycles. The zero-order chi connectivity index (χ0) is 13.7. The van der Waals surface area contributed by atoms with Gasteiger partial charge >= 0.3 is 5.97 Å². The summed E-state index contributed by atoms with van der Waals surface area (Å²) >= 11 is 0. The Bertz CT molecular complexity index is 478. The number of ether oxygens (including phenoxy) is 1. The lowest BCUT2D eigenvalue weighted by Gasteiger charge is -2.27. The van der Waals surface area contributed by atoms with Gasteiger partial charge in [-0.1, -0.05) is 0 Å². The minimum absolute atomic E-state index is 0.0468. The third-order valence-electron chi connectivity index (χ3n) is 2.56. The number of carbonyl (C=O) groups excluding carboxylic acids is 1. The van der Waals surface area contributed by atoms with Crippen molar-refractivity contribution < 1.29 is 9.53 Å². The standard InChI is InChI=1S/C13H17N3O2/c1-9(2)16(8-12(17)18-4)13-11(7-14)6-5-10(3)15-13/h5-6,9H,8H2,1-4H3. The molecule has 1 aromatic rings. The van der Waals surface area contributed by atoms with Gasteiger partial charge in [0.25, 0.3) is 0 Å². The Balaban J connectivity index is 3.17. The lowest BCUT2D eigenvalue weighted by Crippen LogP contribution is -2.37. The molecule has 0 radical (unpaired) electrons. The second-order valence-electron chi connectivity index (χ2n) is 4.23. The lowest BCUT2D eigenvalue weighted by atomic mass is 10.2. The topological polar surface area (TPSA) is 66.2 Å². The van der Waals surface area contributed by atoms with E-state index >= 15 is 0 Å². The fraction of sp³-hybridized carbons (Fsp3) is 0.462. The van der Waals surface area contributed by atoms with Crippen LogP contribution < -0.4 is 4.90 Å². The summed E-state index contributed by atoms with van der Waals surface area (Å²) in [5, 5.41) is 9.10. The number of nitriles is 1. The molecule has 96 valence electrons. The van der Waals surface area contributed by atoms with Gasteiger partial charge in [-0.2, -0.15) is 5.26 Å². The van der Waals surface area contributed by atoms with Crippen LogP contribution in [0.3, 0.4) is 0 Å². The van der Waals surface area contributed by atoms with E-state index in [1.165, 1.54) is 7.11 Å².